The minimum Gasteiger partial charge on any atom is -0.378 e. The van der Waals surface area contributed by atoms with Crippen LogP contribution >= 0.6 is 0 Å². The van der Waals surface area contributed by atoms with Crippen LogP contribution in [0.3, 0.4) is 0 Å². The van der Waals surface area contributed by atoms with Gasteiger partial charge < -0.3 is 15.8 Å². The molecule has 14 heavy (non-hydrogen) atoms. The molecule has 0 saturated carbocycles. The smallest absolute Gasteiger partial charge is 0.236 e. The third kappa shape index (κ3) is 2.96. The quantitative estimate of drug-likeness (QED) is 0.684. The van der Waals surface area contributed by atoms with Crippen LogP contribution in [0.4, 0.5) is 0 Å². The molecule has 2 unspecified atom stereocenters. The fraction of sp³-hybridized carbons (Fsp3) is 0.900. The van der Waals surface area contributed by atoms with E-state index in [0.717, 1.165) is 19.4 Å². The van der Waals surface area contributed by atoms with Crippen LogP contribution in [0.5, 0.6) is 0 Å². The maximum atomic E-state index is 11.2. The Kier molecular flexibility index (Phi) is 4.35. The van der Waals surface area contributed by atoms with E-state index < -0.39 is 6.04 Å². The first-order valence-corrected chi connectivity index (χ1v) is 5.30. The zero-order valence-electron chi connectivity index (χ0n) is 8.95. The van der Waals surface area contributed by atoms with Crippen LogP contribution in [0.1, 0.15) is 26.7 Å². The van der Waals surface area contributed by atoms with Crippen molar-refractivity contribution in [3.05, 3.63) is 0 Å². The Morgan fingerprint density at radius 3 is 3.00 bits per heavy atom. The molecule has 3 N–H and O–H groups in total. The third-order valence-electron chi connectivity index (χ3n) is 2.70. The Morgan fingerprint density at radius 2 is 2.43 bits per heavy atom. The zero-order chi connectivity index (χ0) is 10.6. The van der Waals surface area contributed by atoms with Crippen molar-refractivity contribution in [3.63, 3.8) is 0 Å². The number of ether oxygens (including phenoxy) is 1. The van der Waals surface area contributed by atoms with Crippen molar-refractivity contribution in [1.29, 1.82) is 0 Å². The van der Waals surface area contributed by atoms with Crippen molar-refractivity contribution < 1.29 is 9.53 Å². The summed E-state index contributed by atoms with van der Waals surface area (Å²) in [5.41, 5.74) is 5.44. The third-order valence-corrected chi connectivity index (χ3v) is 2.70. The summed E-state index contributed by atoms with van der Waals surface area (Å²) in [6, 6.07) is -0.419. The fourth-order valence-electron chi connectivity index (χ4n) is 1.77. The lowest BCUT2D eigenvalue weighted by atomic mass is 9.99. The molecule has 1 aliphatic rings. The number of nitrogens with two attached hydrogens (primary N) is 1. The molecular weight excluding hydrogens is 180 g/mol. The first-order chi connectivity index (χ1) is 6.65. The molecular formula is C10H20N2O2. The molecule has 3 atom stereocenters. The van der Waals surface area contributed by atoms with E-state index in [0.29, 0.717) is 18.6 Å². The first kappa shape index (κ1) is 11.5. The van der Waals surface area contributed by atoms with Gasteiger partial charge in [0.15, 0.2) is 0 Å². The van der Waals surface area contributed by atoms with E-state index in [1.807, 2.05) is 0 Å². The maximum Gasteiger partial charge on any atom is 0.236 e. The number of hydrogen-bond donors (Lipinski definition) is 2. The highest BCUT2D eigenvalue weighted by molar-refractivity contribution is 5.80. The van der Waals surface area contributed by atoms with E-state index in [2.05, 4.69) is 12.2 Å². The lowest BCUT2D eigenvalue weighted by Crippen LogP contribution is -2.41. The van der Waals surface area contributed by atoms with Crippen molar-refractivity contribution >= 4 is 5.91 Å². The molecule has 1 aliphatic heterocycles. The monoisotopic (exact) mass is 200 g/mol. The van der Waals surface area contributed by atoms with Gasteiger partial charge in [0.05, 0.1) is 12.1 Å². The summed E-state index contributed by atoms with van der Waals surface area (Å²) in [6.07, 6.45) is 2.36. The molecule has 1 amide bonds. The predicted molar refractivity (Wildman–Crippen MR) is 54.8 cm³/mol. The largest absolute Gasteiger partial charge is 0.378 e. The van der Waals surface area contributed by atoms with Crippen LogP contribution in [0.2, 0.25) is 0 Å². The van der Waals surface area contributed by atoms with Crippen molar-refractivity contribution in [1.82, 2.24) is 5.32 Å². The van der Waals surface area contributed by atoms with E-state index in [9.17, 15) is 4.79 Å². The number of nitrogens with one attached hydrogen (secondary N) is 1. The molecule has 4 nitrogen and oxygen atoms in total. The molecule has 1 heterocycles. The van der Waals surface area contributed by atoms with E-state index in [1.54, 1.807) is 6.92 Å². The highest BCUT2D eigenvalue weighted by atomic mass is 16.5. The summed E-state index contributed by atoms with van der Waals surface area (Å²) in [7, 11) is 0. The van der Waals surface area contributed by atoms with E-state index in [4.69, 9.17) is 10.5 Å². The van der Waals surface area contributed by atoms with Gasteiger partial charge in [-0.2, -0.15) is 0 Å². The number of hydrogen-bond acceptors (Lipinski definition) is 3. The molecule has 0 radical (unpaired) electrons. The average molecular weight is 200 g/mol. The van der Waals surface area contributed by atoms with Gasteiger partial charge >= 0.3 is 0 Å². The SMILES string of the molecule is CCC1OCCC1CNC(=O)[C@H](C)N. The van der Waals surface area contributed by atoms with Crippen LogP contribution in [0.15, 0.2) is 0 Å². The average Bonchev–Trinajstić information content (AvgIpc) is 2.60. The topological polar surface area (TPSA) is 64.3 Å². The van der Waals surface area contributed by atoms with Crippen molar-refractivity contribution in [3.8, 4) is 0 Å². The molecule has 4 heteroatoms. The number of rotatable bonds is 4. The van der Waals surface area contributed by atoms with Gasteiger partial charge in [0.2, 0.25) is 5.91 Å². The number of amides is 1. The summed E-state index contributed by atoms with van der Waals surface area (Å²) in [5, 5.41) is 2.84. The number of carbonyl (C=O) groups is 1. The second-order valence-corrected chi connectivity index (χ2v) is 3.90. The zero-order valence-corrected chi connectivity index (χ0v) is 8.95. The second-order valence-electron chi connectivity index (χ2n) is 3.90. The first-order valence-electron chi connectivity index (χ1n) is 5.30. The normalized spacial score (nSPS) is 28.8. The van der Waals surface area contributed by atoms with Gasteiger partial charge in [-0.3, -0.25) is 4.79 Å². The summed E-state index contributed by atoms with van der Waals surface area (Å²) in [5.74, 6) is 0.384. The van der Waals surface area contributed by atoms with Gasteiger partial charge in [-0.05, 0) is 19.8 Å². The summed E-state index contributed by atoms with van der Waals surface area (Å²) >= 11 is 0. The Hall–Kier alpha value is -0.610. The number of carbonyl (C=O) groups excluding carboxylic acids is 1. The molecule has 0 aliphatic carbocycles. The molecule has 0 aromatic rings. The van der Waals surface area contributed by atoms with Crippen LogP contribution in [0.25, 0.3) is 0 Å². The fourth-order valence-corrected chi connectivity index (χ4v) is 1.77. The van der Waals surface area contributed by atoms with Crippen molar-refractivity contribution in [2.75, 3.05) is 13.2 Å². The Labute approximate surface area is 85.2 Å². The van der Waals surface area contributed by atoms with E-state index >= 15 is 0 Å². The highest BCUT2D eigenvalue weighted by Crippen LogP contribution is 2.22. The van der Waals surface area contributed by atoms with E-state index in [-0.39, 0.29) is 5.91 Å². The molecule has 82 valence electrons. The molecule has 1 saturated heterocycles. The Balaban J connectivity index is 2.27. The molecule has 0 aromatic heterocycles. The minimum atomic E-state index is -0.419. The van der Waals surface area contributed by atoms with E-state index in [1.165, 1.54) is 0 Å². The molecule has 1 fully saturated rings. The van der Waals surface area contributed by atoms with Gasteiger partial charge in [0, 0.05) is 19.1 Å². The summed E-state index contributed by atoms with van der Waals surface area (Å²) in [4.78, 5) is 11.2. The minimum absolute atomic E-state index is 0.0771. The van der Waals surface area contributed by atoms with Gasteiger partial charge in [-0.25, -0.2) is 0 Å². The van der Waals surface area contributed by atoms with Crippen LogP contribution < -0.4 is 11.1 Å². The molecule has 0 bridgehead atoms. The molecule has 1 rings (SSSR count). The van der Waals surface area contributed by atoms with Crippen molar-refractivity contribution in [2.45, 2.75) is 38.8 Å². The van der Waals surface area contributed by atoms with Gasteiger partial charge in [0.25, 0.3) is 0 Å². The van der Waals surface area contributed by atoms with Gasteiger partial charge in [-0.15, -0.1) is 0 Å². The molecule has 0 spiro atoms. The van der Waals surface area contributed by atoms with Crippen LogP contribution in [0, 0.1) is 5.92 Å². The maximum absolute atomic E-state index is 11.2. The Morgan fingerprint density at radius 1 is 1.71 bits per heavy atom. The summed E-state index contributed by atoms with van der Waals surface area (Å²) < 4.78 is 5.52. The van der Waals surface area contributed by atoms with Gasteiger partial charge in [0.1, 0.15) is 0 Å². The lowest BCUT2D eigenvalue weighted by Gasteiger charge is -2.17. The van der Waals surface area contributed by atoms with Gasteiger partial charge in [-0.1, -0.05) is 6.92 Å². The Bertz CT molecular complexity index is 195. The van der Waals surface area contributed by atoms with Crippen LogP contribution in [-0.4, -0.2) is 31.2 Å². The van der Waals surface area contributed by atoms with Crippen LogP contribution in [-0.2, 0) is 9.53 Å². The van der Waals surface area contributed by atoms with Crippen molar-refractivity contribution in [2.24, 2.45) is 11.7 Å². The lowest BCUT2D eigenvalue weighted by molar-refractivity contribution is -0.122. The summed E-state index contributed by atoms with van der Waals surface area (Å²) in [6.45, 7) is 5.31. The standard InChI is InChI=1S/C10H20N2O2/c1-3-9-8(4-5-14-9)6-12-10(13)7(2)11/h7-9H,3-6,11H2,1-2H3,(H,12,13)/t7-,8?,9?/m0/s1. The molecule has 0 aromatic carbocycles. The highest BCUT2D eigenvalue weighted by Gasteiger charge is 2.26. The predicted octanol–water partition coefficient (Wildman–Crippen LogP) is 0.265. The second kappa shape index (κ2) is 5.32.